The van der Waals surface area contributed by atoms with E-state index < -0.39 is 0 Å². The lowest BCUT2D eigenvalue weighted by Crippen LogP contribution is -2.32. The van der Waals surface area contributed by atoms with Crippen LogP contribution in [0.15, 0.2) is 42.6 Å². The summed E-state index contributed by atoms with van der Waals surface area (Å²) < 4.78 is 0. The van der Waals surface area contributed by atoms with Gasteiger partial charge in [-0.3, -0.25) is 0 Å². The first-order chi connectivity index (χ1) is 9.95. The number of hydrogen-bond acceptors (Lipinski definition) is 2. The zero-order valence-electron chi connectivity index (χ0n) is 13.4. The van der Waals surface area contributed by atoms with Crippen molar-refractivity contribution in [1.29, 1.82) is 0 Å². The van der Waals surface area contributed by atoms with Gasteiger partial charge in [0.15, 0.2) is 0 Å². The van der Waals surface area contributed by atoms with E-state index in [9.17, 15) is 0 Å². The standard InChI is InChI=1S/C19H24N2/c1-19(2,3)16-9-10-18(20-13-16)21(4)17-11-14-7-5-6-8-15(14)12-17/h5-10,13,17H,11-12H2,1-4H3. The van der Waals surface area contributed by atoms with Crippen molar-refractivity contribution in [2.24, 2.45) is 0 Å². The van der Waals surface area contributed by atoms with Gasteiger partial charge < -0.3 is 4.90 Å². The topological polar surface area (TPSA) is 16.1 Å². The van der Waals surface area contributed by atoms with Gasteiger partial charge in [0.05, 0.1) is 0 Å². The summed E-state index contributed by atoms with van der Waals surface area (Å²) in [4.78, 5) is 7.00. The Morgan fingerprint density at radius 2 is 1.62 bits per heavy atom. The highest BCUT2D eigenvalue weighted by atomic mass is 15.2. The van der Waals surface area contributed by atoms with E-state index in [1.807, 2.05) is 6.20 Å². The second kappa shape index (κ2) is 5.18. The van der Waals surface area contributed by atoms with Crippen molar-refractivity contribution in [1.82, 2.24) is 4.98 Å². The molecule has 1 aliphatic rings. The highest BCUT2D eigenvalue weighted by molar-refractivity contribution is 5.44. The van der Waals surface area contributed by atoms with Crippen molar-refractivity contribution in [3.05, 3.63) is 59.3 Å². The van der Waals surface area contributed by atoms with Gasteiger partial charge in [-0.15, -0.1) is 0 Å². The molecule has 1 aliphatic carbocycles. The third-order valence-corrected chi connectivity index (χ3v) is 4.55. The van der Waals surface area contributed by atoms with Crippen LogP contribution in [0.5, 0.6) is 0 Å². The minimum atomic E-state index is 0.160. The van der Waals surface area contributed by atoms with Crippen molar-refractivity contribution in [2.75, 3.05) is 11.9 Å². The van der Waals surface area contributed by atoms with Gasteiger partial charge in [-0.1, -0.05) is 51.1 Å². The highest BCUT2D eigenvalue weighted by Crippen LogP contribution is 2.28. The van der Waals surface area contributed by atoms with Crippen LogP contribution < -0.4 is 4.90 Å². The Labute approximate surface area is 127 Å². The first-order valence-corrected chi connectivity index (χ1v) is 7.71. The van der Waals surface area contributed by atoms with Gasteiger partial charge in [-0.2, -0.15) is 0 Å². The lowest BCUT2D eigenvalue weighted by molar-refractivity contribution is 0.586. The Morgan fingerprint density at radius 1 is 1.00 bits per heavy atom. The number of pyridine rings is 1. The maximum absolute atomic E-state index is 4.68. The zero-order valence-corrected chi connectivity index (χ0v) is 13.4. The van der Waals surface area contributed by atoms with Gasteiger partial charge >= 0.3 is 0 Å². The maximum atomic E-state index is 4.68. The number of aromatic nitrogens is 1. The molecule has 0 fully saturated rings. The van der Waals surface area contributed by atoms with E-state index in [1.54, 1.807) is 0 Å². The SMILES string of the molecule is CN(c1ccc(C(C)(C)C)cn1)C1Cc2ccccc2C1. The van der Waals surface area contributed by atoms with Gasteiger partial charge in [0.2, 0.25) is 0 Å². The van der Waals surface area contributed by atoms with Crippen molar-refractivity contribution < 1.29 is 0 Å². The summed E-state index contributed by atoms with van der Waals surface area (Å²) in [5.74, 6) is 1.07. The summed E-state index contributed by atoms with van der Waals surface area (Å²) in [5.41, 5.74) is 4.42. The Morgan fingerprint density at radius 3 is 2.10 bits per heavy atom. The minimum Gasteiger partial charge on any atom is -0.356 e. The van der Waals surface area contributed by atoms with Gasteiger partial charge in [-0.25, -0.2) is 4.98 Å². The van der Waals surface area contributed by atoms with Crippen LogP contribution >= 0.6 is 0 Å². The number of hydrogen-bond donors (Lipinski definition) is 0. The fraction of sp³-hybridized carbons (Fsp3) is 0.421. The van der Waals surface area contributed by atoms with Gasteiger partial charge in [0.1, 0.15) is 5.82 Å². The zero-order chi connectivity index (χ0) is 15.0. The molecule has 0 saturated carbocycles. The van der Waals surface area contributed by atoms with Gasteiger partial charge in [0.25, 0.3) is 0 Å². The lowest BCUT2D eigenvalue weighted by Gasteiger charge is -2.26. The second-order valence-corrected chi connectivity index (χ2v) is 7.10. The fourth-order valence-electron chi connectivity index (χ4n) is 3.03. The minimum absolute atomic E-state index is 0.160. The number of rotatable bonds is 2. The molecule has 1 aromatic heterocycles. The Bertz CT molecular complexity index is 598. The first-order valence-electron chi connectivity index (χ1n) is 7.71. The third-order valence-electron chi connectivity index (χ3n) is 4.55. The van der Waals surface area contributed by atoms with Crippen LogP contribution in [0.1, 0.15) is 37.5 Å². The lowest BCUT2D eigenvalue weighted by atomic mass is 9.88. The largest absolute Gasteiger partial charge is 0.356 e. The van der Waals surface area contributed by atoms with Crippen molar-refractivity contribution >= 4 is 5.82 Å². The van der Waals surface area contributed by atoms with Gasteiger partial charge in [-0.05, 0) is 41.0 Å². The summed E-state index contributed by atoms with van der Waals surface area (Å²) in [6.45, 7) is 6.67. The molecule has 0 saturated heterocycles. The summed E-state index contributed by atoms with van der Waals surface area (Å²) >= 11 is 0. The van der Waals surface area contributed by atoms with E-state index in [0.717, 1.165) is 18.7 Å². The van der Waals surface area contributed by atoms with Crippen LogP contribution in [-0.2, 0) is 18.3 Å². The average Bonchev–Trinajstić information content (AvgIpc) is 2.89. The molecule has 1 aromatic carbocycles. The third kappa shape index (κ3) is 2.80. The fourth-order valence-corrected chi connectivity index (χ4v) is 3.03. The molecule has 110 valence electrons. The van der Waals surface area contributed by atoms with E-state index in [1.165, 1.54) is 16.7 Å². The molecule has 0 aliphatic heterocycles. The summed E-state index contributed by atoms with van der Waals surface area (Å²) in [5, 5.41) is 0. The predicted molar refractivity (Wildman–Crippen MR) is 89.0 cm³/mol. The highest BCUT2D eigenvalue weighted by Gasteiger charge is 2.25. The molecule has 1 heterocycles. The van der Waals surface area contributed by atoms with Crippen LogP contribution in [-0.4, -0.2) is 18.1 Å². The molecule has 2 nitrogen and oxygen atoms in total. The molecule has 0 amide bonds. The summed E-state index contributed by atoms with van der Waals surface area (Å²) in [6, 6.07) is 13.7. The molecule has 0 atom stereocenters. The van der Waals surface area contributed by atoms with E-state index in [0.29, 0.717) is 6.04 Å². The van der Waals surface area contributed by atoms with Crippen LogP contribution in [0.4, 0.5) is 5.82 Å². The van der Waals surface area contributed by atoms with E-state index in [4.69, 9.17) is 0 Å². The molecular formula is C19H24N2. The number of likely N-dealkylation sites (N-methyl/N-ethyl adjacent to an activating group) is 1. The molecule has 0 spiro atoms. The van der Waals surface area contributed by atoms with Crippen molar-refractivity contribution in [3.8, 4) is 0 Å². The van der Waals surface area contributed by atoms with E-state index in [-0.39, 0.29) is 5.41 Å². The number of anilines is 1. The molecule has 2 aromatic rings. The molecule has 0 unspecified atom stereocenters. The average molecular weight is 280 g/mol. The number of fused-ring (bicyclic) bond motifs is 1. The van der Waals surface area contributed by atoms with Crippen LogP contribution in [0, 0.1) is 0 Å². The molecule has 2 heteroatoms. The number of nitrogens with zero attached hydrogens (tertiary/aromatic N) is 2. The van der Waals surface area contributed by atoms with Gasteiger partial charge in [0, 0.05) is 19.3 Å². The normalized spacial score (nSPS) is 15.0. The Balaban J connectivity index is 1.76. The molecular weight excluding hydrogens is 256 g/mol. The van der Waals surface area contributed by atoms with E-state index >= 15 is 0 Å². The molecule has 0 bridgehead atoms. The predicted octanol–water partition coefficient (Wildman–Crippen LogP) is 3.98. The summed E-state index contributed by atoms with van der Waals surface area (Å²) in [6.07, 6.45) is 4.26. The van der Waals surface area contributed by atoms with Crippen LogP contribution in [0.3, 0.4) is 0 Å². The molecule has 21 heavy (non-hydrogen) atoms. The molecule has 3 rings (SSSR count). The number of benzene rings is 1. The smallest absolute Gasteiger partial charge is 0.128 e. The monoisotopic (exact) mass is 280 g/mol. The quantitative estimate of drug-likeness (QED) is 0.827. The van der Waals surface area contributed by atoms with Crippen molar-refractivity contribution in [3.63, 3.8) is 0 Å². The molecule has 0 radical (unpaired) electrons. The molecule has 0 N–H and O–H groups in total. The Kier molecular flexibility index (Phi) is 3.48. The summed E-state index contributed by atoms with van der Waals surface area (Å²) in [7, 11) is 2.16. The van der Waals surface area contributed by atoms with Crippen LogP contribution in [0.25, 0.3) is 0 Å². The second-order valence-electron chi connectivity index (χ2n) is 7.10. The Hall–Kier alpha value is -1.83. The van der Waals surface area contributed by atoms with E-state index in [2.05, 4.69) is 74.1 Å². The van der Waals surface area contributed by atoms with Crippen molar-refractivity contribution in [2.45, 2.75) is 45.1 Å². The first kappa shape index (κ1) is 14.1. The van der Waals surface area contributed by atoms with Crippen LogP contribution in [0.2, 0.25) is 0 Å². The maximum Gasteiger partial charge on any atom is 0.128 e.